The van der Waals surface area contributed by atoms with Crippen molar-refractivity contribution >= 4 is 11.5 Å². The van der Waals surface area contributed by atoms with Gasteiger partial charge in [-0.15, -0.1) is 5.10 Å². The van der Waals surface area contributed by atoms with Crippen molar-refractivity contribution in [1.82, 2.24) is 9.59 Å². The first-order valence-corrected chi connectivity index (χ1v) is 5.74. The van der Waals surface area contributed by atoms with Gasteiger partial charge in [-0.05, 0) is 30.3 Å². The molecule has 0 amide bonds. The van der Waals surface area contributed by atoms with Crippen molar-refractivity contribution in [2.45, 2.75) is 38.1 Å². The average molecular weight is 197 g/mol. The molecule has 1 saturated carbocycles. The lowest BCUT2D eigenvalue weighted by molar-refractivity contribution is 0.304. The summed E-state index contributed by atoms with van der Waals surface area (Å²) < 4.78 is 3.85. The summed E-state index contributed by atoms with van der Waals surface area (Å²) in [4.78, 5) is 0. The molecule has 0 saturated heterocycles. The Labute approximate surface area is 82.5 Å². The normalized spacial score (nSPS) is 21.6. The van der Waals surface area contributed by atoms with Gasteiger partial charge in [0.05, 0.1) is 11.7 Å². The van der Waals surface area contributed by atoms with Gasteiger partial charge < -0.3 is 5.73 Å². The summed E-state index contributed by atoms with van der Waals surface area (Å²) in [5.74, 6) is 0.637. The van der Waals surface area contributed by atoms with Gasteiger partial charge in [0, 0.05) is 5.38 Å². The molecule has 0 radical (unpaired) electrons. The summed E-state index contributed by atoms with van der Waals surface area (Å²) in [6.45, 7) is 0. The summed E-state index contributed by atoms with van der Waals surface area (Å²) in [5, 5.41) is 6.01. The van der Waals surface area contributed by atoms with Crippen molar-refractivity contribution < 1.29 is 0 Å². The molecule has 0 spiro atoms. The van der Waals surface area contributed by atoms with Crippen molar-refractivity contribution in [3.63, 3.8) is 0 Å². The van der Waals surface area contributed by atoms with E-state index in [2.05, 4.69) is 9.59 Å². The third-order valence-corrected chi connectivity index (χ3v) is 3.40. The highest BCUT2D eigenvalue weighted by atomic mass is 32.1. The van der Waals surface area contributed by atoms with Crippen molar-refractivity contribution in [3.05, 3.63) is 11.1 Å². The molecule has 1 aromatic heterocycles. The molecule has 1 fully saturated rings. The minimum absolute atomic E-state index is 0.124. The quantitative estimate of drug-likeness (QED) is 0.790. The van der Waals surface area contributed by atoms with E-state index >= 15 is 0 Å². The van der Waals surface area contributed by atoms with Crippen LogP contribution in [0.2, 0.25) is 0 Å². The Kier molecular flexibility index (Phi) is 2.90. The minimum atomic E-state index is 0.124. The fraction of sp³-hybridized carbons (Fsp3) is 0.778. The van der Waals surface area contributed by atoms with Crippen LogP contribution >= 0.6 is 11.5 Å². The number of aromatic nitrogens is 2. The summed E-state index contributed by atoms with van der Waals surface area (Å²) in [6, 6.07) is 0.124. The largest absolute Gasteiger partial charge is 0.322 e. The number of nitrogens with two attached hydrogens (primary N) is 1. The summed E-state index contributed by atoms with van der Waals surface area (Å²) in [7, 11) is 0. The molecule has 2 rings (SSSR count). The van der Waals surface area contributed by atoms with Crippen LogP contribution in [0.25, 0.3) is 0 Å². The van der Waals surface area contributed by atoms with Crippen molar-refractivity contribution in [2.75, 3.05) is 0 Å². The predicted octanol–water partition coefficient (Wildman–Crippen LogP) is 2.12. The maximum absolute atomic E-state index is 6.12. The van der Waals surface area contributed by atoms with E-state index in [9.17, 15) is 0 Å². The van der Waals surface area contributed by atoms with Crippen LogP contribution in [0.1, 0.15) is 43.8 Å². The van der Waals surface area contributed by atoms with Crippen LogP contribution in [0.3, 0.4) is 0 Å². The molecule has 1 unspecified atom stereocenters. The molecule has 0 bridgehead atoms. The Morgan fingerprint density at radius 1 is 1.38 bits per heavy atom. The van der Waals surface area contributed by atoms with Gasteiger partial charge in [-0.2, -0.15) is 0 Å². The molecule has 1 aliphatic rings. The first kappa shape index (κ1) is 9.09. The summed E-state index contributed by atoms with van der Waals surface area (Å²) in [5.41, 5.74) is 7.10. The van der Waals surface area contributed by atoms with Gasteiger partial charge >= 0.3 is 0 Å². The molecule has 0 aromatic carbocycles. The van der Waals surface area contributed by atoms with Gasteiger partial charge in [0.2, 0.25) is 0 Å². The van der Waals surface area contributed by atoms with E-state index in [0.29, 0.717) is 5.92 Å². The Morgan fingerprint density at radius 3 is 2.77 bits per heavy atom. The van der Waals surface area contributed by atoms with E-state index in [-0.39, 0.29) is 6.04 Å². The molecule has 2 N–H and O–H groups in total. The molecule has 1 aromatic rings. The number of hydrogen-bond acceptors (Lipinski definition) is 4. The van der Waals surface area contributed by atoms with Crippen LogP contribution in [0, 0.1) is 5.92 Å². The first-order chi connectivity index (χ1) is 6.38. The molecule has 4 heteroatoms. The molecule has 0 aliphatic heterocycles. The zero-order valence-corrected chi connectivity index (χ0v) is 8.46. The van der Waals surface area contributed by atoms with Crippen molar-refractivity contribution in [3.8, 4) is 0 Å². The smallest absolute Gasteiger partial charge is 0.0925 e. The van der Waals surface area contributed by atoms with Crippen LogP contribution < -0.4 is 5.73 Å². The maximum atomic E-state index is 6.12. The fourth-order valence-corrected chi connectivity index (χ4v) is 2.55. The minimum Gasteiger partial charge on any atom is -0.322 e. The Balaban J connectivity index is 1.99. The van der Waals surface area contributed by atoms with Gasteiger partial charge in [0.1, 0.15) is 0 Å². The van der Waals surface area contributed by atoms with Gasteiger partial charge in [0.25, 0.3) is 0 Å². The van der Waals surface area contributed by atoms with Crippen molar-refractivity contribution in [1.29, 1.82) is 0 Å². The highest BCUT2D eigenvalue weighted by Gasteiger charge is 2.23. The lowest BCUT2D eigenvalue weighted by atomic mass is 9.83. The second-order valence-electron chi connectivity index (χ2n) is 3.75. The van der Waals surface area contributed by atoms with E-state index in [1.54, 1.807) is 0 Å². The van der Waals surface area contributed by atoms with Gasteiger partial charge in [-0.3, -0.25) is 0 Å². The molecule has 72 valence electrons. The molecule has 3 nitrogen and oxygen atoms in total. The SMILES string of the molecule is NC(c1csnn1)C1CCCCC1. The van der Waals surface area contributed by atoms with Crippen LogP contribution in [-0.4, -0.2) is 9.59 Å². The maximum Gasteiger partial charge on any atom is 0.0925 e. The monoisotopic (exact) mass is 197 g/mol. The Morgan fingerprint density at radius 2 is 2.15 bits per heavy atom. The Bertz CT molecular complexity index is 241. The number of hydrogen-bond donors (Lipinski definition) is 1. The third-order valence-electron chi connectivity index (χ3n) is 2.88. The van der Waals surface area contributed by atoms with Gasteiger partial charge in [-0.1, -0.05) is 23.8 Å². The van der Waals surface area contributed by atoms with E-state index < -0.39 is 0 Å². The van der Waals surface area contributed by atoms with Crippen molar-refractivity contribution in [2.24, 2.45) is 11.7 Å². The van der Waals surface area contributed by atoms with Crippen LogP contribution in [0.15, 0.2) is 5.38 Å². The third kappa shape index (κ3) is 2.06. The second kappa shape index (κ2) is 4.15. The summed E-state index contributed by atoms with van der Waals surface area (Å²) in [6.07, 6.45) is 6.56. The standard InChI is InChI=1S/C9H15N3S/c10-9(8-6-13-12-11-8)7-4-2-1-3-5-7/h6-7,9H,1-5,10H2. The van der Waals surface area contributed by atoms with Gasteiger partial charge in [0.15, 0.2) is 0 Å². The first-order valence-electron chi connectivity index (χ1n) is 4.90. The molecule has 1 aliphatic carbocycles. The molecular formula is C9H15N3S. The number of nitrogens with zero attached hydrogens (tertiary/aromatic N) is 2. The van der Waals surface area contributed by atoms with Crippen LogP contribution in [0.5, 0.6) is 0 Å². The highest BCUT2D eigenvalue weighted by molar-refractivity contribution is 7.03. The van der Waals surface area contributed by atoms with Gasteiger partial charge in [-0.25, -0.2) is 0 Å². The second-order valence-corrected chi connectivity index (χ2v) is 4.36. The highest BCUT2D eigenvalue weighted by Crippen LogP contribution is 2.32. The molecule has 1 heterocycles. The average Bonchev–Trinajstić information content (AvgIpc) is 2.71. The zero-order valence-electron chi connectivity index (χ0n) is 7.65. The molecular weight excluding hydrogens is 182 g/mol. The molecule has 1 atom stereocenters. The lowest BCUT2D eigenvalue weighted by Gasteiger charge is -2.25. The van der Waals surface area contributed by atoms with E-state index in [1.165, 1.54) is 43.6 Å². The van der Waals surface area contributed by atoms with Crippen LogP contribution in [0.4, 0.5) is 0 Å². The Hall–Kier alpha value is -0.480. The molecule has 13 heavy (non-hydrogen) atoms. The van der Waals surface area contributed by atoms with Crippen LogP contribution in [-0.2, 0) is 0 Å². The number of rotatable bonds is 2. The predicted molar refractivity (Wildman–Crippen MR) is 53.4 cm³/mol. The van der Waals surface area contributed by atoms with E-state index in [1.807, 2.05) is 5.38 Å². The fourth-order valence-electron chi connectivity index (χ4n) is 2.05. The zero-order chi connectivity index (χ0) is 9.10. The van der Waals surface area contributed by atoms with E-state index in [4.69, 9.17) is 5.73 Å². The lowest BCUT2D eigenvalue weighted by Crippen LogP contribution is -2.23. The topological polar surface area (TPSA) is 51.8 Å². The summed E-state index contributed by atoms with van der Waals surface area (Å²) >= 11 is 1.39. The van der Waals surface area contributed by atoms with E-state index in [0.717, 1.165) is 5.69 Å².